The van der Waals surface area contributed by atoms with Crippen LogP contribution in [0.5, 0.6) is 0 Å². The monoisotopic (exact) mass is 272 g/mol. The molecule has 0 heterocycles. The number of ether oxygens (including phenoxy) is 1. The zero-order valence-corrected chi connectivity index (χ0v) is 11.7. The summed E-state index contributed by atoms with van der Waals surface area (Å²) in [4.78, 5) is 13.2. The normalized spacial score (nSPS) is 10.4. The molecule has 0 saturated carbocycles. The second-order valence-electron chi connectivity index (χ2n) is 4.26. The van der Waals surface area contributed by atoms with Crippen molar-refractivity contribution in [3.05, 3.63) is 60.2 Å². The summed E-state index contributed by atoms with van der Waals surface area (Å²) in [5, 5.41) is 0. The molecule has 0 aliphatic heterocycles. The highest BCUT2D eigenvalue weighted by molar-refractivity contribution is 7.99. The molecular formula is C16H16O2S. The Bertz CT molecular complexity index is 537. The molecule has 98 valence electrons. The second kappa shape index (κ2) is 7.12. The number of Topliss-reactive ketones (excluding diaryl/α,β-unsaturated/α-hetero) is 1. The number of benzene rings is 2. The highest BCUT2D eigenvalue weighted by Gasteiger charge is 2.00. The standard InChI is InChI=1S/C16H16O2S/c1-13(17)11-18-12-14-6-5-9-16(10-14)19-15-7-3-2-4-8-15/h2-10H,11-12H2,1H3. The van der Waals surface area contributed by atoms with Gasteiger partial charge in [0, 0.05) is 9.79 Å². The molecule has 0 fully saturated rings. The van der Waals surface area contributed by atoms with Crippen molar-refractivity contribution in [3.8, 4) is 0 Å². The fourth-order valence-corrected chi connectivity index (χ4v) is 2.56. The van der Waals surface area contributed by atoms with Crippen LogP contribution in [-0.2, 0) is 16.1 Å². The van der Waals surface area contributed by atoms with Crippen LogP contribution in [0.15, 0.2) is 64.4 Å². The number of rotatable bonds is 6. The highest BCUT2D eigenvalue weighted by atomic mass is 32.2. The number of ketones is 1. The fraction of sp³-hybridized carbons (Fsp3) is 0.188. The molecule has 0 unspecified atom stereocenters. The van der Waals surface area contributed by atoms with E-state index in [9.17, 15) is 4.79 Å². The van der Waals surface area contributed by atoms with Gasteiger partial charge in [0.1, 0.15) is 6.61 Å². The SMILES string of the molecule is CC(=O)COCc1cccc(Sc2ccccc2)c1. The van der Waals surface area contributed by atoms with E-state index < -0.39 is 0 Å². The Morgan fingerprint density at radius 1 is 1.05 bits per heavy atom. The van der Waals surface area contributed by atoms with E-state index in [1.54, 1.807) is 11.8 Å². The Hall–Kier alpha value is -1.58. The maximum absolute atomic E-state index is 10.8. The van der Waals surface area contributed by atoms with Crippen molar-refractivity contribution in [2.75, 3.05) is 6.61 Å². The molecule has 3 heteroatoms. The number of hydrogen-bond acceptors (Lipinski definition) is 3. The largest absolute Gasteiger partial charge is 0.369 e. The van der Waals surface area contributed by atoms with Crippen LogP contribution < -0.4 is 0 Å². The number of hydrogen-bond donors (Lipinski definition) is 0. The summed E-state index contributed by atoms with van der Waals surface area (Å²) in [5.74, 6) is 0.0508. The lowest BCUT2D eigenvalue weighted by molar-refractivity contribution is -0.121. The molecule has 0 radical (unpaired) electrons. The molecule has 0 spiro atoms. The van der Waals surface area contributed by atoms with Gasteiger partial charge in [-0.1, -0.05) is 42.1 Å². The molecule has 0 N–H and O–H groups in total. The minimum absolute atomic E-state index is 0.0508. The van der Waals surface area contributed by atoms with Crippen LogP contribution in [0.2, 0.25) is 0 Å². The van der Waals surface area contributed by atoms with Gasteiger partial charge in [0.2, 0.25) is 0 Å². The lowest BCUT2D eigenvalue weighted by atomic mass is 10.2. The summed E-state index contributed by atoms with van der Waals surface area (Å²) in [7, 11) is 0. The van der Waals surface area contributed by atoms with Gasteiger partial charge in [0.15, 0.2) is 5.78 Å². The summed E-state index contributed by atoms with van der Waals surface area (Å²) < 4.78 is 5.33. The maximum atomic E-state index is 10.8. The molecule has 2 rings (SSSR count). The molecule has 0 aliphatic carbocycles. The Morgan fingerprint density at radius 2 is 1.79 bits per heavy atom. The van der Waals surface area contributed by atoms with Crippen molar-refractivity contribution in [2.45, 2.75) is 23.3 Å². The first-order valence-electron chi connectivity index (χ1n) is 6.13. The van der Waals surface area contributed by atoms with E-state index in [4.69, 9.17) is 4.74 Å². The van der Waals surface area contributed by atoms with Crippen molar-refractivity contribution >= 4 is 17.5 Å². The van der Waals surface area contributed by atoms with E-state index in [2.05, 4.69) is 24.3 Å². The number of carbonyl (C=O) groups is 1. The fourth-order valence-electron chi connectivity index (χ4n) is 1.64. The van der Waals surface area contributed by atoms with Crippen molar-refractivity contribution in [1.82, 2.24) is 0 Å². The average molecular weight is 272 g/mol. The van der Waals surface area contributed by atoms with Gasteiger partial charge in [-0.15, -0.1) is 0 Å². The molecule has 2 aromatic rings. The van der Waals surface area contributed by atoms with Crippen molar-refractivity contribution in [1.29, 1.82) is 0 Å². The Kier molecular flexibility index (Phi) is 5.19. The van der Waals surface area contributed by atoms with Crippen molar-refractivity contribution < 1.29 is 9.53 Å². The quantitative estimate of drug-likeness (QED) is 0.796. The van der Waals surface area contributed by atoms with Gasteiger partial charge in [-0.2, -0.15) is 0 Å². The van der Waals surface area contributed by atoms with Gasteiger partial charge in [-0.25, -0.2) is 0 Å². The van der Waals surface area contributed by atoms with E-state index in [0.717, 1.165) is 5.56 Å². The Morgan fingerprint density at radius 3 is 2.53 bits per heavy atom. The van der Waals surface area contributed by atoms with Crippen LogP contribution in [0.3, 0.4) is 0 Å². The van der Waals surface area contributed by atoms with Gasteiger partial charge in [-0.3, -0.25) is 4.79 Å². The highest BCUT2D eigenvalue weighted by Crippen LogP contribution is 2.27. The zero-order valence-electron chi connectivity index (χ0n) is 10.8. The Balaban J connectivity index is 1.97. The predicted molar refractivity (Wildman–Crippen MR) is 77.3 cm³/mol. The topological polar surface area (TPSA) is 26.3 Å². The third-order valence-electron chi connectivity index (χ3n) is 2.45. The smallest absolute Gasteiger partial charge is 0.155 e. The maximum Gasteiger partial charge on any atom is 0.155 e. The van der Waals surface area contributed by atoms with E-state index >= 15 is 0 Å². The van der Waals surface area contributed by atoms with Gasteiger partial charge < -0.3 is 4.74 Å². The minimum atomic E-state index is 0.0508. The van der Waals surface area contributed by atoms with E-state index in [1.165, 1.54) is 16.7 Å². The molecular weight excluding hydrogens is 256 g/mol. The third-order valence-corrected chi connectivity index (χ3v) is 3.45. The molecule has 0 saturated heterocycles. The molecule has 2 aromatic carbocycles. The predicted octanol–water partition coefficient (Wildman–Crippen LogP) is 3.94. The average Bonchev–Trinajstić information content (AvgIpc) is 2.40. The van der Waals surface area contributed by atoms with Crippen LogP contribution in [0.1, 0.15) is 12.5 Å². The van der Waals surface area contributed by atoms with Gasteiger partial charge in [0.05, 0.1) is 6.61 Å². The Labute approximate surface area is 117 Å². The van der Waals surface area contributed by atoms with Crippen molar-refractivity contribution in [2.24, 2.45) is 0 Å². The first-order chi connectivity index (χ1) is 9.24. The molecule has 0 atom stereocenters. The molecule has 0 aromatic heterocycles. The van der Waals surface area contributed by atoms with E-state index in [0.29, 0.717) is 6.61 Å². The van der Waals surface area contributed by atoms with Gasteiger partial charge in [-0.05, 0) is 36.8 Å². The molecule has 0 aliphatic rings. The molecule has 2 nitrogen and oxygen atoms in total. The zero-order chi connectivity index (χ0) is 13.5. The second-order valence-corrected chi connectivity index (χ2v) is 5.40. The molecule has 0 amide bonds. The van der Waals surface area contributed by atoms with Crippen molar-refractivity contribution in [3.63, 3.8) is 0 Å². The van der Waals surface area contributed by atoms with Gasteiger partial charge >= 0.3 is 0 Å². The number of carbonyl (C=O) groups excluding carboxylic acids is 1. The van der Waals surface area contributed by atoms with E-state index in [-0.39, 0.29) is 12.4 Å². The van der Waals surface area contributed by atoms with Crippen LogP contribution in [0.25, 0.3) is 0 Å². The first-order valence-corrected chi connectivity index (χ1v) is 6.95. The lowest BCUT2D eigenvalue weighted by Crippen LogP contribution is -2.03. The third kappa shape index (κ3) is 4.89. The van der Waals surface area contributed by atoms with Crippen LogP contribution in [0.4, 0.5) is 0 Å². The lowest BCUT2D eigenvalue weighted by Gasteiger charge is -2.05. The van der Waals surface area contributed by atoms with Gasteiger partial charge in [0.25, 0.3) is 0 Å². The summed E-state index contributed by atoms with van der Waals surface area (Å²) in [6, 6.07) is 18.4. The summed E-state index contributed by atoms with van der Waals surface area (Å²) in [6.45, 7) is 2.18. The molecule has 19 heavy (non-hydrogen) atoms. The van der Waals surface area contributed by atoms with Crippen LogP contribution >= 0.6 is 11.8 Å². The van der Waals surface area contributed by atoms with Crippen LogP contribution in [0, 0.1) is 0 Å². The summed E-state index contributed by atoms with van der Waals surface area (Å²) in [6.07, 6.45) is 0. The van der Waals surface area contributed by atoms with Crippen LogP contribution in [-0.4, -0.2) is 12.4 Å². The summed E-state index contributed by atoms with van der Waals surface area (Å²) >= 11 is 1.72. The first kappa shape index (κ1) is 13.8. The summed E-state index contributed by atoms with van der Waals surface area (Å²) in [5.41, 5.74) is 1.09. The molecule has 0 bridgehead atoms. The van der Waals surface area contributed by atoms with E-state index in [1.807, 2.05) is 30.3 Å². The minimum Gasteiger partial charge on any atom is -0.369 e.